The van der Waals surface area contributed by atoms with Gasteiger partial charge in [-0.05, 0) is 49.6 Å². The zero-order valence-electron chi connectivity index (χ0n) is 18.0. The van der Waals surface area contributed by atoms with Crippen LogP contribution in [0.15, 0.2) is 95.4 Å². The van der Waals surface area contributed by atoms with Crippen molar-refractivity contribution in [1.82, 2.24) is 4.72 Å². The lowest BCUT2D eigenvalue weighted by Crippen LogP contribution is -2.30. The zero-order chi connectivity index (χ0) is 22.2. The molecule has 1 N–H and O–H groups in total. The SMILES string of the molecule is CCOC(=O)/C(=C(/C)c1ccccc1)[C@@H](N[S@@](=O)c1ccc(C)cc1)c1ccccc1. The maximum absolute atomic E-state index is 13.2. The largest absolute Gasteiger partial charge is 0.463 e. The van der Waals surface area contributed by atoms with Crippen LogP contribution in [0.5, 0.6) is 0 Å². The highest BCUT2D eigenvalue weighted by atomic mass is 32.2. The minimum absolute atomic E-state index is 0.257. The van der Waals surface area contributed by atoms with Crippen molar-refractivity contribution in [1.29, 1.82) is 0 Å². The van der Waals surface area contributed by atoms with Crippen molar-refractivity contribution in [2.75, 3.05) is 6.61 Å². The van der Waals surface area contributed by atoms with E-state index in [0.29, 0.717) is 10.5 Å². The molecule has 0 saturated carbocycles. The molecule has 0 saturated heterocycles. The predicted octanol–water partition coefficient (Wildman–Crippen LogP) is 5.39. The molecule has 0 aliphatic carbocycles. The number of hydrogen-bond acceptors (Lipinski definition) is 3. The Balaban J connectivity index is 2.11. The summed E-state index contributed by atoms with van der Waals surface area (Å²) in [6.45, 7) is 5.92. The van der Waals surface area contributed by atoms with Crippen LogP contribution in [0, 0.1) is 6.92 Å². The Morgan fingerprint density at radius 2 is 1.52 bits per heavy atom. The number of nitrogens with one attached hydrogen (secondary N) is 1. The van der Waals surface area contributed by atoms with Crippen molar-refractivity contribution in [2.45, 2.75) is 31.7 Å². The number of carbonyl (C=O) groups excluding carboxylic acids is 1. The molecule has 4 nitrogen and oxygen atoms in total. The first-order chi connectivity index (χ1) is 15.0. The lowest BCUT2D eigenvalue weighted by molar-refractivity contribution is -0.138. The van der Waals surface area contributed by atoms with E-state index in [1.54, 1.807) is 6.92 Å². The third-order valence-electron chi connectivity index (χ3n) is 4.99. The Kier molecular flexibility index (Phi) is 7.93. The van der Waals surface area contributed by atoms with Crippen molar-refractivity contribution in [3.63, 3.8) is 0 Å². The summed E-state index contributed by atoms with van der Waals surface area (Å²) in [6.07, 6.45) is 0. The highest BCUT2D eigenvalue weighted by Gasteiger charge is 2.28. The van der Waals surface area contributed by atoms with E-state index in [2.05, 4.69) is 4.72 Å². The number of aryl methyl sites for hydroxylation is 1. The number of ether oxygens (including phenoxy) is 1. The molecule has 0 spiro atoms. The van der Waals surface area contributed by atoms with Gasteiger partial charge in [0.05, 0.1) is 23.1 Å². The summed E-state index contributed by atoms with van der Waals surface area (Å²) in [5.41, 5.74) is 4.06. The van der Waals surface area contributed by atoms with Gasteiger partial charge in [-0.3, -0.25) is 0 Å². The fourth-order valence-corrected chi connectivity index (χ4v) is 4.30. The average molecular weight is 434 g/mol. The van der Waals surface area contributed by atoms with Crippen molar-refractivity contribution < 1.29 is 13.7 Å². The molecule has 0 aliphatic heterocycles. The Morgan fingerprint density at radius 3 is 2.10 bits per heavy atom. The number of hydrogen-bond donors (Lipinski definition) is 1. The minimum atomic E-state index is -1.53. The molecule has 31 heavy (non-hydrogen) atoms. The van der Waals surface area contributed by atoms with Gasteiger partial charge in [-0.1, -0.05) is 78.4 Å². The lowest BCUT2D eigenvalue weighted by atomic mass is 9.92. The third kappa shape index (κ3) is 5.78. The van der Waals surface area contributed by atoms with E-state index in [-0.39, 0.29) is 6.61 Å². The predicted molar refractivity (Wildman–Crippen MR) is 126 cm³/mol. The molecule has 0 radical (unpaired) electrons. The van der Waals surface area contributed by atoms with Crippen LogP contribution in [0.3, 0.4) is 0 Å². The molecule has 160 valence electrons. The number of rotatable bonds is 8. The van der Waals surface area contributed by atoms with Gasteiger partial charge in [-0.2, -0.15) is 0 Å². The molecular weight excluding hydrogens is 406 g/mol. The molecule has 3 aromatic carbocycles. The fraction of sp³-hybridized carbons (Fsp3) is 0.192. The van der Waals surface area contributed by atoms with Crippen LogP contribution < -0.4 is 4.72 Å². The smallest absolute Gasteiger partial charge is 0.336 e. The lowest BCUT2D eigenvalue weighted by Gasteiger charge is -2.23. The highest BCUT2D eigenvalue weighted by Crippen LogP contribution is 2.31. The van der Waals surface area contributed by atoms with Crippen LogP contribution in [0.2, 0.25) is 0 Å². The van der Waals surface area contributed by atoms with Crippen molar-refractivity contribution >= 4 is 22.5 Å². The van der Waals surface area contributed by atoms with E-state index in [1.807, 2.05) is 98.8 Å². The van der Waals surface area contributed by atoms with Gasteiger partial charge < -0.3 is 4.74 Å². The quantitative estimate of drug-likeness (QED) is 0.383. The second kappa shape index (κ2) is 10.8. The van der Waals surface area contributed by atoms with E-state index in [1.165, 1.54) is 0 Å². The van der Waals surface area contributed by atoms with Crippen molar-refractivity contribution in [3.05, 3.63) is 107 Å². The first kappa shape index (κ1) is 22.7. The van der Waals surface area contributed by atoms with Gasteiger partial charge in [0.2, 0.25) is 0 Å². The summed E-state index contributed by atoms with van der Waals surface area (Å²) in [6, 6.07) is 26.1. The van der Waals surface area contributed by atoms with Gasteiger partial charge >= 0.3 is 5.97 Å². The Labute approximate surface area is 186 Å². The average Bonchev–Trinajstić information content (AvgIpc) is 2.80. The van der Waals surface area contributed by atoms with E-state index in [9.17, 15) is 9.00 Å². The summed E-state index contributed by atoms with van der Waals surface area (Å²) in [5, 5.41) is 0. The van der Waals surface area contributed by atoms with Crippen molar-refractivity contribution in [2.24, 2.45) is 0 Å². The van der Waals surface area contributed by atoms with E-state index in [4.69, 9.17) is 4.74 Å². The third-order valence-corrected chi connectivity index (χ3v) is 6.14. The summed E-state index contributed by atoms with van der Waals surface area (Å²) in [4.78, 5) is 13.8. The second-order valence-corrected chi connectivity index (χ2v) is 8.41. The first-order valence-corrected chi connectivity index (χ1v) is 11.4. The van der Waals surface area contributed by atoms with E-state index in [0.717, 1.165) is 22.3 Å². The molecule has 0 heterocycles. The summed E-state index contributed by atoms with van der Waals surface area (Å²) >= 11 is 0. The molecule has 0 aliphatic rings. The summed E-state index contributed by atoms with van der Waals surface area (Å²) in [5.74, 6) is -0.425. The van der Waals surface area contributed by atoms with Crippen LogP contribution in [0.1, 0.15) is 36.6 Å². The molecule has 0 unspecified atom stereocenters. The maximum atomic E-state index is 13.2. The van der Waals surface area contributed by atoms with E-state index < -0.39 is 23.0 Å². The van der Waals surface area contributed by atoms with Crippen LogP contribution in [0.4, 0.5) is 0 Å². The van der Waals surface area contributed by atoms with Gasteiger partial charge in [-0.15, -0.1) is 0 Å². The molecule has 3 aromatic rings. The molecule has 2 atom stereocenters. The highest BCUT2D eigenvalue weighted by molar-refractivity contribution is 7.83. The monoisotopic (exact) mass is 433 g/mol. The second-order valence-electron chi connectivity index (χ2n) is 7.17. The number of carbonyl (C=O) groups is 1. The first-order valence-electron chi connectivity index (χ1n) is 10.2. The van der Waals surface area contributed by atoms with Gasteiger partial charge in [0, 0.05) is 0 Å². The molecule has 0 fully saturated rings. The Hall–Kier alpha value is -3.02. The summed E-state index contributed by atoms with van der Waals surface area (Å²) < 4.78 is 21.8. The number of benzene rings is 3. The number of allylic oxidation sites excluding steroid dienone is 1. The molecule has 3 rings (SSSR count). The van der Waals surface area contributed by atoms with Crippen LogP contribution in [-0.2, 0) is 20.5 Å². The molecule has 5 heteroatoms. The van der Waals surface area contributed by atoms with Crippen LogP contribution in [0.25, 0.3) is 5.57 Å². The van der Waals surface area contributed by atoms with Crippen LogP contribution >= 0.6 is 0 Å². The molecule has 0 aromatic heterocycles. The van der Waals surface area contributed by atoms with Gasteiger partial charge in [0.25, 0.3) is 0 Å². The van der Waals surface area contributed by atoms with Crippen LogP contribution in [-0.4, -0.2) is 16.8 Å². The Bertz CT molecular complexity index is 1060. The topological polar surface area (TPSA) is 55.4 Å². The minimum Gasteiger partial charge on any atom is -0.463 e. The Morgan fingerprint density at radius 1 is 0.935 bits per heavy atom. The molecular formula is C26H27NO3S. The van der Waals surface area contributed by atoms with Gasteiger partial charge in [0.1, 0.15) is 11.0 Å². The van der Waals surface area contributed by atoms with Gasteiger partial charge in [-0.25, -0.2) is 13.7 Å². The van der Waals surface area contributed by atoms with Gasteiger partial charge in [0.15, 0.2) is 0 Å². The fourth-order valence-electron chi connectivity index (χ4n) is 3.32. The normalized spacial score (nSPS) is 13.8. The molecule has 0 bridgehead atoms. The number of esters is 1. The zero-order valence-corrected chi connectivity index (χ0v) is 18.8. The standard InChI is InChI=1S/C26H27NO3S/c1-4-30-26(28)24(20(3)21-11-7-5-8-12-21)25(22-13-9-6-10-14-22)27-31(29)23-17-15-19(2)16-18-23/h5-18,25,27H,4H2,1-3H3/b24-20-/t25-,31-/m0/s1. The van der Waals surface area contributed by atoms with E-state index >= 15 is 0 Å². The van der Waals surface area contributed by atoms with Crippen molar-refractivity contribution in [3.8, 4) is 0 Å². The summed E-state index contributed by atoms with van der Waals surface area (Å²) in [7, 11) is -1.53. The maximum Gasteiger partial charge on any atom is 0.336 e. The molecule has 0 amide bonds.